The number of unbranched alkanes of at least 4 members (excludes halogenated alkanes) is 1. The van der Waals surface area contributed by atoms with Crippen LogP contribution in [-0.4, -0.2) is 61.0 Å². The molecule has 0 saturated carbocycles. The van der Waals surface area contributed by atoms with Crippen LogP contribution < -0.4 is 24.8 Å². The van der Waals surface area contributed by atoms with Crippen molar-refractivity contribution in [1.29, 1.82) is 0 Å². The largest absolute Gasteiger partial charge is 0.493 e. The summed E-state index contributed by atoms with van der Waals surface area (Å²) in [7, 11) is 0. The van der Waals surface area contributed by atoms with Crippen LogP contribution in [0.15, 0.2) is 60.7 Å². The van der Waals surface area contributed by atoms with Gasteiger partial charge in [-0.2, -0.15) is 0 Å². The Morgan fingerprint density at radius 2 is 1.91 bits per heavy atom. The number of hydrogen-bond donors (Lipinski definition) is 2. The van der Waals surface area contributed by atoms with Crippen molar-refractivity contribution in [2.45, 2.75) is 57.5 Å². The summed E-state index contributed by atoms with van der Waals surface area (Å²) in [5, 5.41) is 10.7. The molecular weight excluding hydrogens is 558 g/mol. The first kappa shape index (κ1) is 30.0. The lowest BCUT2D eigenvalue weighted by Gasteiger charge is -2.30. The van der Waals surface area contributed by atoms with Crippen molar-refractivity contribution in [3.05, 3.63) is 82.9 Å². The highest BCUT2D eigenvalue weighted by molar-refractivity contribution is 5.95. The number of carbonyl (C=O) groups is 2. The van der Waals surface area contributed by atoms with E-state index in [4.69, 9.17) is 19.9 Å². The predicted molar refractivity (Wildman–Crippen MR) is 167 cm³/mol. The molecule has 9 heteroatoms. The van der Waals surface area contributed by atoms with Gasteiger partial charge in [0.05, 0.1) is 19.1 Å². The summed E-state index contributed by atoms with van der Waals surface area (Å²) in [6.07, 6.45) is 3.79. The molecule has 232 valence electrons. The number of aryl methyl sites for hydroxylation is 1. The zero-order chi connectivity index (χ0) is 30.6. The van der Waals surface area contributed by atoms with Crippen LogP contribution in [0.2, 0.25) is 0 Å². The molecule has 0 aliphatic carbocycles. The first-order chi connectivity index (χ1) is 21.5. The van der Waals surface area contributed by atoms with Crippen molar-refractivity contribution in [3.8, 4) is 17.2 Å². The topological polar surface area (TPSA) is 115 Å². The molecule has 3 aliphatic rings. The molecule has 3 aliphatic heterocycles. The number of nitrogens with zero attached hydrogens (tertiary/aromatic N) is 2. The van der Waals surface area contributed by atoms with Gasteiger partial charge in [0.15, 0.2) is 11.5 Å². The number of rotatable bonds is 12. The minimum absolute atomic E-state index is 0.0397. The maximum absolute atomic E-state index is 14.1. The number of anilines is 1. The van der Waals surface area contributed by atoms with Gasteiger partial charge >= 0.3 is 5.97 Å². The maximum atomic E-state index is 14.1. The van der Waals surface area contributed by atoms with Crippen molar-refractivity contribution in [3.63, 3.8) is 0 Å². The van der Waals surface area contributed by atoms with Crippen molar-refractivity contribution in [2.24, 2.45) is 11.7 Å². The van der Waals surface area contributed by atoms with E-state index in [0.29, 0.717) is 44.8 Å². The second-order valence-electron chi connectivity index (χ2n) is 11.9. The highest BCUT2D eigenvalue weighted by Gasteiger charge is 2.47. The fraction of sp³-hybridized carbons (Fsp3) is 0.429. The Bertz CT molecular complexity index is 1510. The summed E-state index contributed by atoms with van der Waals surface area (Å²) in [5.41, 5.74) is 10.8. The number of ether oxygens (including phenoxy) is 3. The standard InChI is InChI=1S/C35H41N3O6/c1-2-3-15-38(27-8-4-6-23(17-27)19-36)32(39)21-37-20-28(25-11-13-30-26(18-25)14-16-42-30)33(35(40)41)29(37)12-10-24-7-5-9-31-34(24)44-22-43-31/h4-9,11,13,17-18,28-29,33H,2-3,10,12,14-16,19-22,36H2,1H3,(H,40,41)/t28-,29+,33?/m1/s1. The van der Waals surface area contributed by atoms with E-state index in [-0.39, 0.29) is 31.2 Å². The van der Waals surface area contributed by atoms with Crippen LogP contribution in [0.3, 0.4) is 0 Å². The van der Waals surface area contributed by atoms with Crippen LogP contribution in [0.25, 0.3) is 0 Å². The van der Waals surface area contributed by atoms with Crippen LogP contribution in [0, 0.1) is 5.92 Å². The minimum Gasteiger partial charge on any atom is -0.493 e. The van der Waals surface area contributed by atoms with E-state index in [9.17, 15) is 14.7 Å². The first-order valence-electron chi connectivity index (χ1n) is 15.7. The summed E-state index contributed by atoms with van der Waals surface area (Å²) in [6, 6.07) is 19.3. The Morgan fingerprint density at radius 1 is 1.05 bits per heavy atom. The van der Waals surface area contributed by atoms with Crippen molar-refractivity contribution >= 4 is 17.6 Å². The normalized spacial score (nSPS) is 20.4. The van der Waals surface area contributed by atoms with Gasteiger partial charge in [-0.1, -0.05) is 49.7 Å². The molecule has 1 saturated heterocycles. The lowest BCUT2D eigenvalue weighted by Crippen LogP contribution is -2.44. The zero-order valence-electron chi connectivity index (χ0n) is 25.2. The molecule has 9 nitrogen and oxygen atoms in total. The number of aliphatic carboxylic acids is 1. The Kier molecular flexibility index (Phi) is 9.04. The van der Waals surface area contributed by atoms with Crippen molar-refractivity contribution in [2.75, 3.05) is 37.9 Å². The maximum Gasteiger partial charge on any atom is 0.308 e. The SMILES string of the molecule is CCCCN(C(=O)CN1C[C@H](c2ccc3c(c2)CCO3)C(C(=O)O)[C@@H]1CCc1cccc2c1OCO2)c1cccc(CN)c1. The molecule has 3 heterocycles. The van der Waals surface area contributed by atoms with Crippen molar-refractivity contribution in [1.82, 2.24) is 4.90 Å². The molecule has 6 rings (SSSR count). The van der Waals surface area contributed by atoms with E-state index >= 15 is 0 Å². The minimum atomic E-state index is -0.844. The van der Waals surface area contributed by atoms with Gasteiger partial charge in [0.25, 0.3) is 0 Å². The molecule has 1 amide bonds. The molecule has 44 heavy (non-hydrogen) atoms. The first-order valence-corrected chi connectivity index (χ1v) is 15.7. The van der Waals surface area contributed by atoms with Gasteiger partial charge in [-0.15, -0.1) is 0 Å². The van der Waals surface area contributed by atoms with Crippen LogP contribution in [0.1, 0.15) is 54.4 Å². The summed E-state index contributed by atoms with van der Waals surface area (Å²) in [6.45, 7) is 4.51. The number of carbonyl (C=O) groups excluding carboxylic acids is 1. The molecule has 3 N–H and O–H groups in total. The number of para-hydroxylation sites is 1. The highest BCUT2D eigenvalue weighted by Crippen LogP contribution is 2.43. The van der Waals surface area contributed by atoms with Crippen LogP contribution in [0.4, 0.5) is 5.69 Å². The van der Waals surface area contributed by atoms with Crippen LogP contribution in [0.5, 0.6) is 17.2 Å². The predicted octanol–water partition coefficient (Wildman–Crippen LogP) is 4.74. The second kappa shape index (κ2) is 13.3. The van der Waals surface area contributed by atoms with Gasteiger partial charge in [-0.3, -0.25) is 14.5 Å². The fourth-order valence-electron chi connectivity index (χ4n) is 6.94. The van der Waals surface area contributed by atoms with E-state index in [1.165, 1.54) is 0 Å². The fourth-order valence-corrected chi connectivity index (χ4v) is 6.94. The molecule has 1 fully saturated rings. The lowest BCUT2D eigenvalue weighted by atomic mass is 9.83. The van der Waals surface area contributed by atoms with Crippen LogP contribution >= 0.6 is 0 Å². The van der Waals surface area contributed by atoms with Gasteiger partial charge in [0, 0.05) is 43.7 Å². The molecule has 3 aromatic carbocycles. The average molecular weight is 600 g/mol. The number of benzene rings is 3. The van der Waals surface area contributed by atoms with Gasteiger partial charge in [-0.25, -0.2) is 0 Å². The number of hydrogen-bond acceptors (Lipinski definition) is 7. The Balaban J connectivity index is 1.31. The summed E-state index contributed by atoms with van der Waals surface area (Å²) in [5.74, 6) is 0.475. The number of carboxylic acid groups (broad SMARTS) is 1. The van der Waals surface area contributed by atoms with Gasteiger partial charge < -0.3 is 30.0 Å². The average Bonchev–Trinajstić information content (AvgIpc) is 3.79. The highest BCUT2D eigenvalue weighted by atomic mass is 16.7. The quantitative estimate of drug-likeness (QED) is 0.307. The third-order valence-electron chi connectivity index (χ3n) is 9.20. The lowest BCUT2D eigenvalue weighted by molar-refractivity contribution is -0.143. The molecule has 3 atom stereocenters. The number of carboxylic acids is 1. The monoisotopic (exact) mass is 599 g/mol. The molecule has 3 aromatic rings. The van der Waals surface area contributed by atoms with E-state index in [0.717, 1.165) is 58.7 Å². The number of fused-ring (bicyclic) bond motifs is 2. The van der Waals surface area contributed by atoms with E-state index in [1.54, 1.807) is 0 Å². The molecular formula is C35H41N3O6. The Hall–Kier alpha value is -4.08. The third kappa shape index (κ3) is 6.12. The van der Waals surface area contributed by atoms with Gasteiger partial charge in [0.2, 0.25) is 12.7 Å². The Labute approximate surface area is 258 Å². The smallest absolute Gasteiger partial charge is 0.308 e. The molecule has 0 radical (unpaired) electrons. The van der Waals surface area contributed by atoms with Gasteiger partial charge in [0.1, 0.15) is 5.75 Å². The van der Waals surface area contributed by atoms with Gasteiger partial charge in [-0.05, 0) is 65.8 Å². The van der Waals surface area contributed by atoms with E-state index in [2.05, 4.69) is 17.9 Å². The molecule has 0 spiro atoms. The van der Waals surface area contributed by atoms with Crippen molar-refractivity contribution < 1.29 is 28.9 Å². The molecule has 0 bridgehead atoms. The molecule has 0 aromatic heterocycles. The molecule has 1 unspecified atom stereocenters. The van der Waals surface area contributed by atoms with E-state index in [1.807, 2.05) is 59.5 Å². The van der Waals surface area contributed by atoms with E-state index < -0.39 is 11.9 Å². The van der Waals surface area contributed by atoms with Crippen LogP contribution in [-0.2, 0) is 29.0 Å². The number of amides is 1. The third-order valence-corrected chi connectivity index (χ3v) is 9.20. The second-order valence-corrected chi connectivity index (χ2v) is 11.9. The summed E-state index contributed by atoms with van der Waals surface area (Å²) >= 11 is 0. The zero-order valence-corrected chi connectivity index (χ0v) is 25.2. The summed E-state index contributed by atoms with van der Waals surface area (Å²) < 4.78 is 17.0. The summed E-state index contributed by atoms with van der Waals surface area (Å²) in [4.78, 5) is 31.1. The Morgan fingerprint density at radius 3 is 2.73 bits per heavy atom. The number of likely N-dealkylation sites (tertiary alicyclic amines) is 1. The number of nitrogens with two attached hydrogens (primary N) is 1.